The molecule has 0 saturated carbocycles. The van der Waals surface area contributed by atoms with Gasteiger partial charge in [-0.25, -0.2) is 0 Å². The van der Waals surface area contributed by atoms with Gasteiger partial charge in [0.25, 0.3) is 0 Å². The maximum atomic E-state index is 3.65. The van der Waals surface area contributed by atoms with Crippen LogP contribution < -0.4 is 0 Å². The third-order valence-electron chi connectivity index (χ3n) is 1.13. The smallest absolute Gasteiger partial charge is 0.00571 e. The van der Waals surface area contributed by atoms with Crippen molar-refractivity contribution in [2.24, 2.45) is 5.92 Å². The molecule has 0 saturated heterocycles. The van der Waals surface area contributed by atoms with E-state index in [0.29, 0.717) is 0 Å². The topological polar surface area (TPSA) is 0 Å². The van der Waals surface area contributed by atoms with Gasteiger partial charge in [0.1, 0.15) is 0 Å². The van der Waals surface area contributed by atoms with Crippen molar-refractivity contribution in [1.82, 2.24) is 0 Å². The maximum Gasteiger partial charge on any atom is 0.00571 e. The van der Waals surface area contributed by atoms with E-state index < -0.39 is 0 Å². The van der Waals surface area contributed by atoms with Crippen molar-refractivity contribution in [3.8, 4) is 0 Å². The van der Waals surface area contributed by atoms with Crippen LogP contribution in [-0.4, -0.2) is 5.33 Å². The minimum Gasteiger partial charge on any atom is -0.103 e. The zero-order valence-electron chi connectivity index (χ0n) is 5.36. The molecule has 0 nitrogen and oxygen atoms in total. The second-order valence-corrected chi connectivity index (χ2v) is 2.77. The van der Waals surface area contributed by atoms with E-state index in [0.717, 1.165) is 17.7 Å². The van der Waals surface area contributed by atoms with Crippen molar-refractivity contribution >= 4 is 15.9 Å². The molecule has 0 heterocycles. The molecule has 1 atom stereocenters. The summed E-state index contributed by atoms with van der Waals surface area (Å²) < 4.78 is 0. The zero-order chi connectivity index (χ0) is 6.41. The molecule has 0 bridgehead atoms. The van der Waals surface area contributed by atoms with Gasteiger partial charge in [0.2, 0.25) is 0 Å². The highest BCUT2D eigenvalue weighted by Gasteiger charge is 1.94. The van der Waals surface area contributed by atoms with Crippen LogP contribution in [-0.2, 0) is 0 Å². The highest BCUT2D eigenvalue weighted by Crippen LogP contribution is 2.07. The number of rotatable bonds is 4. The Hall–Kier alpha value is 0.220. The van der Waals surface area contributed by atoms with E-state index in [1.54, 1.807) is 0 Å². The van der Waals surface area contributed by atoms with Crippen LogP contribution in [0.25, 0.3) is 0 Å². The zero-order valence-corrected chi connectivity index (χ0v) is 6.95. The summed E-state index contributed by atoms with van der Waals surface area (Å²) in [6.07, 6.45) is 4.38. The minimum atomic E-state index is 0.799. The Bertz CT molecular complexity index is 59.4. The molecule has 0 aromatic rings. The van der Waals surface area contributed by atoms with Crippen molar-refractivity contribution in [3.05, 3.63) is 12.7 Å². The van der Waals surface area contributed by atoms with Crippen LogP contribution in [0.15, 0.2) is 12.7 Å². The van der Waals surface area contributed by atoms with Crippen LogP contribution in [0.1, 0.15) is 19.8 Å². The Balaban J connectivity index is 2.97. The van der Waals surface area contributed by atoms with Gasteiger partial charge >= 0.3 is 0 Å². The molecular formula is C7H13Br. The summed E-state index contributed by atoms with van der Waals surface area (Å²) in [6.45, 7) is 5.89. The first kappa shape index (κ1) is 8.22. The lowest BCUT2D eigenvalue weighted by Crippen LogP contribution is -1.92. The SMILES string of the molecule is C=CCCC(C)CBr. The van der Waals surface area contributed by atoms with Gasteiger partial charge in [-0.1, -0.05) is 28.9 Å². The van der Waals surface area contributed by atoms with Gasteiger partial charge in [-0.15, -0.1) is 6.58 Å². The molecule has 0 fully saturated rings. The maximum absolute atomic E-state index is 3.65. The average molecular weight is 177 g/mol. The highest BCUT2D eigenvalue weighted by molar-refractivity contribution is 9.09. The van der Waals surface area contributed by atoms with Gasteiger partial charge in [0.05, 0.1) is 0 Å². The Morgan fingerprint density at radius 1 is 1.75 bits per heavy atom. The molecular weight excluding hydrogens is 164 g/mol. The third-order valence-corrected chi connectivity index (χ3v) is 2.23. The molecule has 0 amide bonds. The number of halogens is 1. The first-order valence-electron chi connectivity index (χ1n) is 2.98. The molecule has 0 N–H and O–H groups in total. The summed E-state index contributed by atoms with van der Waals surface area (Å²) in [5.41, 5.74) is 0. The number of allylic oxidation sites excluding steroid dienone is 1. The summed E-state index contributed by atoms with van der Waals surface area (Å²) >= 11 is 3.41. The molecule has 48 valence electrons. The molecule has 0 aromatic heterocycles. The van der Waals surface area contributed by atoms with Gasteiger partial charge in [-0.2, -0.15) is 0 Å². The molecule has 8 heavy (non-hydrogen) atoms. The molecule has 1 heteroatoms. The van der Waals surface area contributed by atoms with E-state index in [1.807, 2.05) is 6.08 Å². The lowest BCUT2D eigenvalue weighted by molar-refractivity contribution is 0.608. The normalized spacial score (nSPS) is 13.2. The minimum absolute atomic E-state index is 0.799. The lowest BCUT2D eigenvalue weighted by atomic mass is 10.1. The first-order chi connectivity index (χ1) is 3.81. The van der Waals surface area contributed by atoms with Crippen LogP contribution in [0, 0.1) is 5.92 Å². The summed E-state index contributed by atoms with van der Waals surface area (Å²) in [5.74, 6) is 0.799. The Labute approximate surface area is 60.1 Å². The van der Waals surface area contributed by atoms with Crippen molar-refractivity contribution in [1.29, 1.82) is 0 Å². The van der Waals surface area contributed by atoms with Crippen molar-refractivity contribution in [2.45, 2.75) is 19.8 Å². The van der Waals surface area contributed by atoms with Gasteiger partial charge in [-0.05, 0) is 18.8 Å². The van der Waals surface area contributed by atoms with Crippen LogP contribution in [0.5, 0.6) is 0 Å². The lowest BCUT2D eigenvalue weighted by Gasteiger charge is -2.01. The largest absolute Gasteiger partial charge is 0.103 e. The Morgan fingerprint density at radius 3 is 2.75 bits per heavy atom. The van der Waals surface area contributed by atoms with Gasteiger partial charge in [-0.3, -0.25) is 0 Å². The van der Waals surface area contributed by atoms with E-state index in [-0.39, 0.29) is 0 Å². The second-order valence-electron chi connectivity index (χ2n) is 2.13. The molecule has 1 unspecified atom stereocenters. The predicted molar refractivity (Wildman–Crippen MR) is 42.4 cm³/mol. The summed E-state index contributed by atoms with van der Waals surface area (Å²) in [7, 11) is 0. The third kappa shape index (κ3) is 4.38. The van der Waals surface area contributed by atoms with Gasteiger partial charge < -0.3 is 0 Å². The molecule has 0 aliphatic carbocycles. The van der Waals surface area contributed by atoms with E-state index in [2.05, 4.69) is 29.4 Å². The molecule has 0 radical (unpaired) electrons. The van der Waals surface area contributed by atoms with Gasteiger partial charge in [0, 0.05) is 5.33 Å². The fourth-order valence-corrected chi connectivity index (χ4v) is 0.803. The van der Waals surface area contributed by atoms with Crippen LogP contribution in [0.3, 0.4) is 0 Å². The fraction of sp³-hybridized carbons (Fsp3) is 0.714. The molecule has 0 aromatic carbocycles. The van der Waals surface area contributed by atoms with Crippen LogP contribution in [0.4, 0.5) is 0 Å². The average Bonchev–Trinajstić information content (AvgIpc) is 1.83. The number of alkyl halides is 1. The second kappa shape index (κ2) is 5.36. The Morgan fingerprint density at radius 2 is 2.38 bits per heavy atom. The fourth-order valence-electron chi connectivity index (χ4n) is 0.480. The highest BCUT2D eigenvalue weighted by atomic mass is 79.9. The molecule has 0 aliphatic rings. The summed E-state index contributed by atoms with van der Waals surface area (Å²) in [4.78, 5) is 0. The van der Waals surface area contributed by atoms with E-state index in [1.165, 1.54) is 6.42 Å². The monoisotopic (exact) mass is 176 g/mol. The van der Waals surface area contributed by atoms with Gasteiger partial charge in [0.15, 0.2) is 0 Å². The molecule has 0 aliphatic heterocycles. The van der Waals surface area contributed by atoms with E-state index >= 15 is 0 Å². The molecule has 0 rings (SSSR count). The number of hydrogen-bond acceptors (Lipinski definition) is 0. The number of hydrogen-bond donors (Lipinski definition) is 0. The van der Waals surface area contributed by atoms with Crippen molar-refractivity contribution < 1.29 is 0 Å². The van der Waals surface area contributed by atoms with Crippen LogP contribution >= 0.6 is 15.9 Å². The quantitative estimate of drug-likeness (QED) is 0.457. The van der Waals surface area contributed by atoms with Crippen LogP contribution in [0.2, 0.25) is 0 Å². The summed E-state index contributed by atoms with van der Waals surface area (Å²) in [6, 6.07) is 0. The molecule has 0 spiro atoms. The first-order valence-corrected chi connectivity index (χ1v) is 4.10. The summed E-state index contributed by atoms with van der Waals surface area (Å²) in [5, 5.41) is 1.11. The Kier molecular flexibility index (Phi) is 5.51. The van der Waals surface area contributed by atoms with Crippen molar-refractivity contribution in [3.63, 3.8) is 0 Å². The standard InChI is InChI=1S/C7H13Br/c1-3-4-5-7(2)6-8/h3,7H,1,4-6H2,2H3. The van der Waals surface area contributed by atoms with E-state index in [4.69, 9.17) is 0 Å². The van der Waals surface area contributed by atoms with Crippen molar-refractivity contribution in [2.75, 3.05) is 5.33 Å². The predicted octanol–water partition coefficient (Wildman–Crippen LogP) is 2.98. The van der Waals surface area contributed by atoms with E-state index in [9.17, 15) is 0 Å².